The summed E-state index contributed by atoms with van der Waals surface area (Å²) in [4.78, 5) is 4.87. The monoisotopic (exact) mass is 302 g/mol. The van der Waals surface area contributed by atoms with Crippen molar-refractivity contribution >= 4 is 17.0 Å². The second kappa shape index (κ2) is 6.54. The van der Waals surface area contributed by atoms with Gasteiger partial charge in [-0.3, -0.25) is 4.90 Å². The molecule has 0 unspecified atom stereocenters. The highest BCUT2D eigenvalue weighted by molar-refractivity contribution is 7.11. The van der Waals surface area contributed by atoms with Gasteiger partial charge in [0.15, 0.2) is 0 Å². The third kappa shape index (κ3) is 3.80. The van der Waals surface area contributed by atoms with Gasteiger partial charge in [0, 0.05) is 25.3 Å². The van der Waals surface area contributed by atoms with Gasteiger partial charge in [0.05, 0.1) is 6.54 Å². The molecule has 0 spiro atoms. The maximum atomic E-state index is 4.21. The van der Waals surface area contributed by atoms with Crippen LogP contribution in [0.1, 0.15) is 16.4 Å². The molecule has 2 aromatic rings. The lowest BCUT2D eigenvalue weighted by Crippen LogP contribution is -2.28. The number of aromatic nitrogens is 2. The molecule has 1 aromatic carbocycles. The van der Waals surface area contributed by atoms with Gasteiger partial charge in [-0.05, 0) is 38.4 Å². The van der Waals surface area contributed by atoms with Gasteiger partial charge < -0.3 is 4.90 Å². The summed E-state index contributed by atoms with van der Waals surface area (Å²) in [7, 11) is 2.18. The zero-order chi connectivity index (χ0) is 14.7. The van der Waals surface area contributed by atoms with E-state index in [4.69, 9.17) is 0 Å². The Balaban J connectivity index is 1.50. The van der Waals surface area contributed by atoms with E-state index in [1.165, 1.54) is 18.7 Å². The minimum Gasteiger partial charge on any atom is -0.371 e. The predicted octanol–water partition coefficient (Wildman–Crippen LogP) is 2.80. The standard InChI is InChI=1S/C16H22N4S/c1-13-17-18-16(21-13)12-19(2)10-14-8-9-20(11-14)15-6-4-3-5-7-15/h3-7,14H,8-12H2,1-2H3/t14-/m0/s1. The molecule has 112 valence electrons. The first-order valence-corrected chi connectivity index (χ1v) is 8.30. The normalized spacial score (nSPS) is 18.6. The zero-order valence-electron chi connectivity index (χ0n) is 12.7. The molecular weight excluding hydrogens is 280 g/mol. The Kier molecular flexibility index (Phi) is 4.51. The van der Waals surface area contributed by atoms with E-state index in [0.717, 1.165) is 35.6 Å². The van der Waals surface area contributed by atoms with Crippen LogP contribution in [0.5, 0.6) is 0 Å². The number of anilines is 1. The van der Waals surface area contributed by atoms with Crippen LogP contribution in [0.25, 0.3) is 0 Å². The number of hydrogen-bond donors (Lipinski definition) is 0. The average Bonchev–Trinajstić information content (AvgIpc) is 3.09. The minimum atomic E-state index is 0.740. The Bertz CT molecular complexity index is 569. The quantitative estimate of drug-likeness (QED) is 0.850. The van der Waals surface area contributed by atoms with Crippen LogP contribution < -0.4 is 4.90 Å². The lowest BCUT2D eigenvalue weighted by atomic mass is 10.1. The van der Waals surface area contributed by atoms with E-state index in [-0.39, 0.29) is 0 Å². The SMILES string of the molecule is Cc1nnc(CN(C)C[C@@H]2CCN(c3ccccc3)C2)s1. The minimum absolute atomic E-state index is 0.740. The Labute approximate surface area is 130 Å². The van der Waals surface area contributed by atoms with Crippen molar-refractivity contribution in [3.63, 3.8) is 0 Å². The molecule has 4 nitrogen and oxygen atoms in total. The van der Waals surface area contributed by atoms with Gasteiger partial charge in [0.25, 0.3) is 0 Å². The number of para-hydroxylation sites is 1. The van der Waals surface area contributed by atoms with E-state index in [1.54, 1.807) is 11.3 Å². The summed E-state index contributed by atoms with van der Waals surface area (Å²) in [5, 5.41) is 10.5. The highest BCUT2D eigenvalue weighted by Gasteiger charge is 2.23. The van der Waals surface area contributed by atoms with E-state index in [9.17, 15) is 0 Å². The topological polar surface area (TPSA) is 32.3 Å². The summed E-state index contributed by atoms with van der Waals surface area (Å²) in [6.45, 7) is 6.37. The Hall–Kier alpha value is -1.46. The molecule has 2 heterocycles. The number of rotatable bonds is 5. The summed E-state index contributed by atoms with van der Waals surface area (Å²) in [5.74, 6) is 0.740. The summed E-state index contributed by atoms with van der Waals surface area (Å²) in [5.41, 5.74) is 1.35. The van der Waals surface area contributed by atoms with Crippen molar-refractivity contribution < 1.29 is 0 Å². The van der Waals surface area contributed by atoms with E-state index < -0.39 is 0 Å². The van der Waals surface area contributed by atoms with E-state index in [0.29, 0.717) is 0 Å². The first-order chi connectivity index (χ1) is 10.2. The number of hydrogen-bond acceptors (Lipinski definition) is 5. The first kappa shape index (κ1) is 14.5. The summed E-state index contributed by atoms with van der Waals surface area (Å²) < 4.78 is 0. The van der Waals surface area contributed by atoms with Gasteiger partial charge in [-0.25, -0.2) is 0 Å². The van der Waals surface area contributed by atoms with E-state index in [1.807, 2.05) is 6.92 Å². The van der Waals surface area contributed by atoms with Gasteiger partial charge in [-0.15, -0.1) is 21.5 Å². The van der Waals surface area contributed by atoms with Crippen LogP contribution in [0.3, 0.4) is 0 Å². The van der Waals surface area contributed by atoms with Crippen molar-refractivity contribution in [1.82, 2.24) is 15.1 Å². The lowest BCUT2D eigenvalue weighted by molar-refractivity contribution is 0.278. The molecule has 0 radical (unpaired) electrons. The number of nitrogens with zero attached hydrogens (tertiary/aromatic N) is 4. The average molecular weight is 302 g/mol. The molecule has 3 rings (SSSR count). The fourth-order valence-electron chi connectivity index (χ4n) is 2.99. The van der Waals surface area contributed by atoms with Crippen LogP contribution >= 0.6 is 11.3 Å². The molecule has 1 aliphatic rings. The van der Waals surface area contributed by atoms with Gasteiger partial charge in [-0.1, -0.05) is 18.2 Å². The molecular formula is C16H22N4S. The van der Waals surface area contributed by atoms with Crippen molar-refractivity contribution in [3.05, 3.63) is 40.3 Å². The second-order valence-corrected chi connectivity index (χ2v) is 7.11. The highest BCUT2D eigenvalue weighted by atomic mass is 32.1. The molecule has 1 saturated heterocycles. The van der Waals surface area contributed by atoms with Gasteiger partial charge in [-0.2, -0.15) is 0 Å². The third-order valence-electron chi connectivity index (χ3n) is 3.95. The maximum Gasteiger partial charge on any atom is 0.131 e. The summed E-state index contributed by atoms with van der Waals surface area (Å²) in [6, 6.07) is 10.7. The van der Waals surface area contributed by atoms with Gasteiger partial charge >= 0.3 is 0 Å². The Morgan fingerprint density at radius 3 is 2.81 bits per heavy atom. The van der Waals surface area contributed by atoms with Crippen LogP contribution in [0.2, 0.25) is 0 Å². The van der Waals surface area contributed by atoms with Crippen molar-refractivity contribution in [1.29, 1.82) is 0 Å². The van der Waals surface area contributed by atoms with Crippen LogP contribution in [0.15, 0.2) is 30.3 Å². The fourth-order valence-corrected chi connectivity index (χ4v) is 3.78. The van der Waals surface area contributed by atoms with E-state index >= 15 is 0 Å². The fraction of sp³-hybridized carbons (Fsp3) is 0.500. The smallest absolute Gasteiger partial charge is 0.131 e. The molecule has 0 aliphatic carbocycles. The zero-order valence-corrected chi connectivity index (χ0v) is 13.5. The van der Waals surface area contributed by atoms with Gasteiger partial charge in [0.1, 0.15) is 10.0 Å². The molecule has 1 aliphatic heterocycles. The molecule has 0 amide bonds. The molecule has 1 aromatic heterocycles. The Morgan fingerprint density at radius 2 is 2.10 bits per heavy atom. The van der Waals surface area contributed by atoms with Crippen molar-refractivity contribution in [2.24, 2.45) is 5.92 Å². The van der Waals surface area contributed by atoms with Crippen LogP contribution in [0, 0.1) is 12.8 Å². The molecule has 0 bridgehead atoms. The van der Waals surface area contributed by atoms with Crippen LogP contribution in [-0.4, -0.2) is 41.8 Å². The lowest BCUT2D eigenvalue weighted by Gasteiger charge is -2.21. The molecule has 0 saturated carbocycles. The van der Waals surface area contributed by atoms with E-state index in [2.05, 4.69) is 57.4 Å². The van der Waals surface area contributed by atoms with Crippen molar-refractivity contribution in [2.45, 2.75) is 19.9 Å². The Morgan fingerprint density at radius 1 is 1.29 bits per heavy atom. The van der Waals surface area contributed by atoms with Crippen LogP contribution in [0.4, 0.5) is 5.69 Å². The van der Waals surface area contributed by atoms with Crippen LogP contribution in [-0.2, 0) is 6.54 Å². The highest BCUT2D eigenvalue weighted by Crippen LogP contribution is 2.24. The summed E-state index contributed by atoms with van der Waals surface area (Å²) >= 11 is 1.70. The number of aryl methyl sites for hydroxylation is 1. The first-order valence-electron chi connectivity index (χ1n) is 7.48. The number of benzene rings is 1. The molecule has 1 fully saturated rings. The maximum absolute atomic E-state index is 4.21. The molecule has 0 N–H and O–H groups in total. The molecule has 1 atom stereocenters. The van der Waals surface area contributed by atoms with Crippen molar-refractivity contribution in [2.75, 3.05) is 31.6 Å². The molecule has 5 heteroatoms. The van der Waals surface area contributed by atoms with Gasteiger partial charge in [0.2, 0.25) is 0 Å². The predicted molar refractivity (Wildman–Crippen MR) is 87.7 cm³/mol. The largest absolute Gasteiger partial charge is 0.371 e. The second-order valence-electron chi connectivity index (χ2n) is 5.85. The summed E-state index contributed by atoms with van der Waals surface area (Å²) in [6.07, 6.45) is 1.27. The van der Waals surface area contributed by atoms with Crippen molar-refractivity contribution in [3.8, 4) is 0 Å². The third-order valence-corrected chi connectivity index (χ3v) is 4.77. The molecule has 21 heavy (non-hydrogen) atoms.